The number of hydrogen-bond donors (Lipinski definition) is 1. The zero-order valence-electron chi connectivity index (χ0n) is 15.7. The van der Waals surface area contributed by atoms with E-state index in [2.05, 4.69) is 62.5 Å². The van der Waals surface area contributed by atoms with Crippen molar-refractivity contribution in [2.45, 2.75) is 51.8 Å². The van der Waals surface area contributed by atoms with Crippen molar-refractivity contribution in [3.8, 4) is 0 Å². The van der Waals surface area contributed by atoms with Gasteiger partial charge in [0, 0.05) is 23.6 Å². The molecule has 1 saturated heterocycles. The lowest BCUT2D eigenvalue weighted by Gasteiger charge is -2.33. The summed E-state index contributed by atoms with van der Waals surface area (Å²) < 4.78 is 6.52. The highest BCUT2D eigenvalue weighted by Gasteiger charge is 2.24. The summed E-state index contributed by atoms with van der Waals surface area (Å²) in [5, 5.41) is 5.55. The number of fused-ring (bicyclic) bond motifs is 1. The van der Waals surface area contributed by atoms with Gasteiger partial charge in [0.25, 0.3) is 0 Å². The Hall–Kier alpha value is -1.59. The number of benzene rings is 2. The summed E-state index contributed by atoms with van der Waals surface area (Å²) in [5.74, 6) is 0. The van der Waals surface area contributed by atoms with Crippen molar-refractivity contribution < 1.29 is 9.53 Å². The molecule has 1 N–H and O–H groups in total. The molecule has 2 aromatic carbocycles. The highest BCUT2D eigenvalue weighted by molar-refractivity contribution is 9.10. The summed E-state index contributed by atoms with van der Waals surface area (Å²) >= 11 is 3.64. The number of halogens is 1. The minimum absolute atomic E-state index is 0.139. The van der Waals surface area contributed by atoms with Crippen LogP contribution in [-0.4, -0.2) is 35.7 Å². The van der Waals surface area contributed by atoms with E-state index in [1.807, 2.05) is 20.8 Å². The van der Waals surface area contributed by atoms with E-state index in [0.717, 1.165) is 36.9 Å². The molecule has 140 valence electrons. The molecule has 4 nitrogen and oxygen atoms in total. The predicted octanol–water partition coefficient (Wildman–Crippen LogP) is 5.09. The molecule has 1 atom stereocenters. The highest BCUT2D eigenvalue weighted by atomic mass is 79.9. The average molecular weight is 419 g/mol. The molecule has 0 saturated carbocycles. The number of piperidine rings is 1. The summed E-state index contributed by atoms with van der Waals surface area (Å²) in [6.45, 7) is 8.45. The van der Waals surface area contributed by atoms with Crippen LogP contribution < -0.4 is 5.32 Å². The molecule has 0 radical (unpaired) electrons. The topological polar surface area (TPSA) is 41.6 Å². The van der Waals surface area contributed by atoms with Gasteiger partial charge in [-0.1, -0.05) is 46.3 Å². The minimum atomic E-state index is -0.464. The maximum absolute atomic E-state index is 12.0. The molecule has 0 bridgehead atoms. The van der Waals surface area contributed by atoms with Gasteiger partial charge in [-0.3, -0.25) is 4.90 Å². The molecule has 5 heteroatoms. The number of hydrogen-bond acceptors (Lipinski definition) is 3. The van der Waals surface area contributed by atoms with Crippen LogP contribution in [0.3, 0.4) is 0 Å². The van der Waals surface area contributed by atoms with E-state index < -0.39 is 5.60 Å². The van der Waals surface area contributed by atoms with Crippen molar-refractivity contribution in [1.82, 2.24) is 10.2 Å². The van der Waals surface area contributed by atoms with Gasteiger partial charge in [-0.15, -0.1) is 0 Å². The van der Waals surface area contributed by atoms with E-state index in [4.69, 9.17) is 4.74 Å². The first kappa shape index (κ1) is 19.2. The largest absolute Gasteiger partial charge is 0.444 e. The van der Waals surface area contributed by atoms with E-state index in [-0.39, 0.29) is 12.1 Å². The van der Waals surface area contributed by atoms with E-state index in [1.165, 1.54) is 16.3 Å². The first-order chi connectivity index (χ1) is 12.3. The lowest BCUT2D eigenvalue weighted by atomic mass is 10.0. The predicted molar refractivity (Wildman–Crippen MR) is 109 cm³/mol. The summed E-state index contributed by atoms with van der Waals surface area (Å²) in [7, 11) is 0. The molecular formula is C21H27BrN2O2. The van der Waals surface area contributed by atoms with Crippen molar-refractivity contribution in [2.24, 2.45) is 0 Å². The summed E-state index contributed by atoms with van der Waals surface area (Å²) in [4.78, 5) is 14.5. The van der Waals surface area contributed by atoms with Crippen molar-refractivity contribution in [1.29, 1.82) is 0 Å². The molecule has 1 aliphatic rings. The molecular weight excluding hydrogens is 392 g/mol. The van der Waals surface area contributed by atoms with Gasteiger partial charge in [0.05, 0.1) is 0 Å². The summed E-state index contributed by atoms with van der Waals surface area (Å²) in [6.07, 6.45) is 1.75. The number of rotatable bonds is 3. The lowest BCUT2D eigenvalue weighted by Crippen LogP contribution is -2.48. The van der Waals surface area contributed by atoms with Gasteiger partial charge in [-0.2, -0.15) is 0 Å². The monoisotopic (exact) mass is 418 g/mol. The van der Waals surface area contributed by atoms with Crippen molar-refractivity contribution in [3.63, 3.8) is 0 Å². The summed E-state index contributed by atoms with van der Waals surface area (Å²) in [5.41, 5.74) is 0.858. The quantitative estimate of drug-likeness (QED) is 0.754. The molecule has 1 fully saturated rings. The molecule has 0 aliphatic carbocycles. The maximum Gasteiger partial charge on any atom is 0.407 e. The van der Waals surface area contributed by atoms with E-state index >= 15 is 0 Å². The van der Waals surface area contributed by atoms with Crippen molar-refractivity contribution in [2.75, 3.05) is 13.1 Å². The van der Waals surface area contributed by atoms with E-state index in [1.54, 1.807) is 0 Å². The lowest BCUT2D eigenvalue weighted by molar-refractivity contribution is 0.0470. The fourth-order valence-electron chi connectivity index (χ4n) is 3.49. The number of likely N-dealkylation sites (tertiary alicyclic amines) is 1. The van der Waals surface area contributed by atoms with Crippen LogP contribution >= 0.6 is 15.9 Å². The Morgan fingerprint density at radius 2 is 1.96 bits per heavy atom. The smallest absolute Gasteiger partial charge is 0.407 e. The van der Waals surface area contributed by atoms with Crippen LogP contribution in [0.5, 0.6) is 0 Å². The maximum atomic E-state index is 12.0. The Bertz CT molecular complexity index is 785. The number of alkyl carbamates (subject to hydrolysis) is 1. The van der Waals surface area contributed by atoms with Crippen LogP contribution in [0.1, 0.15) is 39.2 Å². The zero-order chi connectivity index (χ0) is 18.7. The van der Waals surface area contributed by atoms with Gasteiger partial charge in [0.2, 0.25) is 0 Å². The van der Waals surface area contributed by atoms with Crippen LogP contribution in [0.2, 0.25) is 0 Å². The third-order valence-corrected chi connectivity index (χ3v) is 5.27. The number of amides is 1. The van der Waals surface area contributed by atoms with Gasteiger partial charge in [0.1, 0.15) is 5.60 Å². The Balaban J connectivity index is 1.66. The van der Waals surface area contributed by atoms with E-state index in [9.17, 15) is 4.79 Å². The molecule has 0 unspecified atom stereocenters. The summed E-state index contributed by atoms with van der Waals surface area (Å²) in [6, 6.07) is 12.9. The first-order valence-electron chi connectivity index (χ1n) is 9.20. The van der Waals surface area contributed by atoms with Crippen molar-refractivity contribution >= 4 is 32.8 Å². The van der Waals surface area contributed by atoms with Crippen LogP contribution in [0.15, 0.2) is 40.9 Å². The molecule has 1 amide bonds. The van der Waals surface area contributed by atoms with Crippen LogP contribution in [-0.2, 0) is 11.3 Å². The highest BCUT2D eigenvalue weighted by Crippen LogP contribution is 2.28. The van der Waals surface area contributed by atoms with E-state index in [0.29, 0.717) is 0 Å². The number of ether oxygens (including phenoxy) is 1. The Morgan fingerprint density at radius 3 is 2.69 bits per heavy atom. The Morgan fingerprint density at radius 1 is 1.23 bits per heavy atom. The second-order valence-corrected chi connectivity index (χ2v) is 8.83. The zero-order valence-corrected chi connectivity index (χ0v) is 17.3. The molecule has 1 aliphatic heterocycles. The second kappa shape index (κ2) is 7.97. The average Bonchev–Trinajstić information content (AvgIpc) is 2.56. The Kier molecular flexibility index (Phi) is 5.88. The normalized spacial score (nSPS) is 18.7. The van der Waals surface area contributed by atoms with Crippen LogP contribution in [0.25, 0.3) is 10.8 Å². The molecule has 1 heterocycles. The first-order valence-corrected chi connectivity index (χ1v) is 9.99. The number of nitrogens with one attached hydrogen (secondary N) is 1. The third-order valence-electron chi connectivity index (χ3n) is 4.58. The number of carbonyl (C=O) groups is 1. The third kappa shape index (κ3) is 4.98. The fraction of sp³-hybridized carbons (Fsp3) is 0.476. The number of nitrogens with zero attached hydrogens (tertiary/aromatic N) is 1. The SMILES string of the molecule is CC(C)(C)OC(=O)N[C@H]1CCCN(Cc2ccc(Br)c3ccccc23)C1. The standard InChI is InChI=1S/C21H27BrN2O2/c1-21(2,3)26-20(25)23-16-7-6-12-24(14-16)13-15-10-11-19(22)18-9-5-4-8-17(15)18/h4-5,8-11,16H,6-7,12-14H2,1-3H3,(H,23,25)/t16-/m0/s1. The molecule has 3 rings (SSSR count). The van der Waals surface area contributed by atoms with Gasteiger partial charge in [-0.25, -0.2) is 4.79 Å². The van der Waals surface area contributed by atoms with Gasteiger partial charge < -0.3 is 10.1 Å². The Labute approximate surface area is 164 Å². The fourth-order valence-corrected chi connectivity index (χ4v) is 3.97. The van der Waals surface area contributed by atoms with Gasteiger partial charge in [-0.05, 0) is 62.6 Å². The van der Waals surface area contributed by atoms with Crippen LogP contribution in [0, 0.1) is 0 Å². The molecule has 26 heavy (non-hydrogen) atoms. The van der Waals surface area contributed by atoms with Crippen molar-refractivity contribution in [3.05, 3.63) is 46.4 Å². The minimum Gasteiger partial charge on any atom is -0.444 e. The molecule has 2 aromatic rings. The number of carbonyl (C=O) groups excluding carboxylic acids is 1. The second-order valence-electron chi connectivity index (χ2n) is 7.97. The molecule has 0 aromatic heterocycles. The van der Waals surface area contributed by atoms with Crippen LogP contribution in [0.4, 0.5) is 4.79 Å². The van der Waals surface area contributed by atoms with Gasteiger partial charge >= 0.3 is 6.09 Å². The van der Waals surface area contributed by atoms with Gasteiger partial charge in [0.15, 0.2) is 0 Å². The molecule has 0 spiro atoms.